The number of methoxy groups -OCH3 is 1. The van der Waals surface area contributed by atoms with E-state index in [1.54, 1.807) is 31.4 Å². The summed E-state index contributed by atoms with van der Waals surface area (Å²) in [5.41, 5.74) is 0.410. The van der Waals surface area contributed by atoms with E-state index in [0.29, 0.717) is 24.5 Å². The Labute approximate surface area is 132 Å². The first-order valence-electron chi connectivity index (χ1n) is 6.87. The fourth-order valence-electron chi connectivity index (χ4n) is 1.81. The summed E-state index contributed by atoms with van der Waals surface area (Å²) >= 11 is 0. The van der Waals surface area contributed by atoms with E-state index in [2.05, 4.69) is 10.4 Å². The number of hydrogen-bond donors (Lipinski definition) is 2. The van der Waals surface area contributed by atoms with Gasteiger partial charge in [-0.25, -0.2) is 0 Å². The lowest BCUT2D eigenvalue weighted by Gasteiger charge is -2.07. The number of nitrogens with zero attached hydrogens (tertiary/aromatic N) is 2. The third kappa shape index (κ3) is 5.11. The molecule has 2 aromatic rings. The number of carboxylic acid groups (broad SMARTS) is 1. The summed E-state index contributed by atoms with van der Waals surface area (Å²) in [6.45, 7) is 0.581. The van der Waals surface area contributed by atoms with Crippen LogP contribution in [0.1, 0.15) is 10.4 Å². The van der Waals surface area contributed by atoms with Crippen LogP contribution in [0, 0.1) is 0 Å². The van der Waals surface area contributed by atoms with Gasteiger partial charge in [0.1, 0.15) is 18.9 Å². The van der Waals surface area contributed by atoms with Crippen molar-refractivity contribution in [2.45, 2.75) is 6.54 Å². The van der Waals surface area contributed by atoms with Gasteiger partial charge in [0.15, 0.2) is 5.82 Å². The molecule has 0 radical (unpaired) electrons. The third-order valence-electron chi connectivity index (χ3n) is 2.83. The van der Waals surface area contributed by atoms with Crippen LogP contribution in [-0.4, -0.2) is 47.1 Å². The molecule has 2 N–H and O–H groups in total. The maximum absolute atomic E-state index is 12.2. The molecule has 122 valence electrons. The molecule has 2 rings (SSSR count). The predicted octanol–water partition coefficient (Wildman–Crippen LogP) is 1.25. The zero-order chi connectivity index (χ0) is 16.7. The normalized spacial score (nSPS) is 10.3. The average Bonchev–Trinajstić information content (AvgIpc) is 2.94. The Balaban J connectivity index is 1.98. The molecule has 8 heteroatoms. The number of carbonyl (C=O) groups is 2. The number of aliphatic carboxylic acids is 1. The van der Waals surface area contributed by atoms with E-state index < -0.39 is 5.97 Å². The van der Waals surface area contributed by atoms with Crippen LogP contribution in [0.2, 0.25) is 0 Å². The number of carbonyl (C=O) groups excluding carboxylic acids is 1. The molecule has 23 heavy (non-hydrogen) atoms. The highest BCUT2D eigenvalue weighted by Crippen LogP contribution is 2.14. The van der Waals surface area contributed by atoms with Crippen molar-refractivity contribution in [2.75, 3.05) is 25.6 Å². The predicted molar refractivity (Wildman–Crippen MR) is 81.6 cm³/mol. The van der Waals surface area contributed by atoms with Crippen molar-refractivity contribution in [3.63, 3.8) is 0 Å². The Morgan fingerprint density at radius 2 is 2.13 bits per heavy atom. The lowest BCUT2D eigenvalue weighted by Crippen LogP contribution is -2.14. The minimum absolute atomic E-state index is 0.265. The average molecular weight is 319 g/mol. The zero-order valence-corrected chi connectivity index (χ0v) is 12.6. The van der Waals surface area contributed by atoms with Crippen molar-refractivity contribution in [3.8, 4) is 5.75 Å². The first kappa shape index (κ1) is 16.5. The number of amides is 1. The molecule has 0 aliphatic carbocycles. The minimum atomic E-state index is -1.01. The highest BCUT2D eigenvalue weighted by molar-refractivity contribution is 6.03. The van der Waals surface area contributed by atoms with E-state index in [-0.39, 0.29) is 18.3 Å². The lowest BCUT2D eigenvalue weighted by molar-refractivity contribution is -0.137. The monoisotopic (exact) mass is 319 g/mol. The lowest BCUT2D eigenvalue weighted by atomic mass is 10.2. The number of nitrogens with one attached hydrogen (secondary N) is 1. The van der Waals surface area contributed by atoms with Crippen molar-refractivity contribution in [2.24, 2.45) is 0 Å². The van der Waals surface area contributed by atoms with Gasteiger partial charge in [0.25, 0.3) is 5.91 Å². The quantitative estimate of drug-likeness (QED) is 0.710. The van der Waals surface area contributed by atoms with E-state index in [0.717, 1.165) is 0 Å². The molecule has 0 saturated heterocycles. The van der Waals surface area contributed by atoms with Crippen LogP contribution in [0.15, 0.2) is 36.5 Å². The molecular weight excluding hydrogens is 302 g/mol. The molecule has 1 aromatic carbocycles. The molecule has 1 heterocycles. The summed E-state index contributed by atoms with van der Waals surface area (Å²) in [6, 6.07) is 8.24. The maximum Gasteiger partial charge on any atom is 0.325 e. The van der Waals surface area contributed by atoms with Crippen LogP contribution in [0.3, 0.4) is 0 Å². The molecule has 1 aromatic heterocycles. The van der Waals surface area contributed by atoms with E-state index in [1.807, 2.05) is 0 Å². The third-order valence-corrected chi connectivity index (χ3v) is 2.83. The van der Waals surface area contributed by atoms with Crippen molar-refractivity contribution < 1.29 is 24.2 Å². The standard InChI is InChI=1S/C15H17N3O5/c1-22-7-8-23-12-4-2-3-11(9-12)15(21)16-13-5-6-18(17-13)10-14(19)20/h2-6,9H,7-8,10H2,1H3,(H,19,20)(H,16,17,21). The second kappa shape index (κ2) is 7.95. The molecule has 0 atom stereocenters. The largest absolute Gasteiger partial charge is 0.491 e. The van der Waals surface area contributed by atoms with Gasteiger partial charge in [0.2, 0.25) is 0 Å². The van der Waals surface area contributed by atoms with Crippen molar-refractivity contribution in [1.82, 2.24) is 9.78 Å². The fraction of sp³-hybridized carbons (Fsp3) is 0.267. The van der Waals surface area contributed by atoms with Crippen molar-refractivity contribution in [1.29, 1.82) is 0 Å². The second-order valence-corrected chi connectivity index (χ2v) is 4.62. The van der Waals surface area contributed by atoms with E-state index in [1.165, 1.54) is 16.9 Å². The van der Waals surface area contributed by atoms with Gasteiger partial charge in [-0.2, -0.15) is 5.10 Å². The molecular formula is C15H17N3O5. The van der Waals surface area contributed by atoms with E-state index in [9.17, 15) is 9.59 Å². The topological polar surface area (TPSA) is 103 Å². The molecule has 0 bridgehead atoms. The molecule has 0 spiro atoms. The Hall–Kier alpha value is -2.87. The van der Waals surface area contributed by atoms with Gasteiger partial charge in [-0.3, -0.25) is 14.3 Å². The summed E-state index contributed by atoms with van der Waals surface area (Å²) in [5.74, 6) is -0.525. The number of ether oxygens (including phenoxy) is 2. The first-order valence-corrected chi connectivity index (χ1v) is 6.87. The van der Waals surface area contributed by atoms with Crippen LogP contribution in [0.5, 0.6) is 5.75 Å². The van der Waals surface area contributed by atoms with Crippen LogP contribution >= 0.6 is 0 Å². The summed E-state index contributed by atoms with van der Waals surface area (Å²) in [7, 11) is 1.58. The molecule has 1 amide bonds. The van der Waals surface area contributed by atoms with E-state index >= 15 is 0 Å². The van der Waals surface area contributed by atoms with Crippen LogP contribution in [0.25, 0.3) is 0 Å². The summed E-state index contributed by atoms with van der Waals surface area (Å²) < 4.78 is 11.6. The van der Waals surface area contributed by atoms with Gasteiger partial charge in [-0.1, -0.05) is 6.07 Å². The highest BCUT2D eigenvalue weighted by atomic mass is 16.5. The summed E-state index contributed by atoms with van der Waals surface area (Å²) in [5, 5.41) is 15.2. The smallest absolute Gasteiger partial charge is 0.325 e. The summed E-state index contributed by atoms with van der Waals surface area (Å²) in [4.78, 5) is 22.8. The Kier molecular flexibility index (Phi) is 5.70. The van der Waals surface area contributed by atoms with Crippen molar-refractivity contribution in [3.05, 3.63) is 42.1 Å². The molecule has 0 saturated carbocycles. The second-order valence-electron chi connectivity index (χ2n) is 4.62. The fourth-order valence-corrected chi connectivity index (χ4v) is 1.81. The molecule has 0 aliphatic rings. The van der Waals surface area contributed by atoms with E-state index in [4.69, 9.17) is 14.6 Å². The number of hydrogen-bond acceptors (Lipinski definition) is 5. The number of rotatable bonds is 8. The van der Waals surface area contributed by atoms with Gasteiger partial charge in [-0.15, -0.1) is 0 Å². The Bertz CT molecular complexity index is 683. The van der Waals surface area contributed by atoms with Gasteiger partial charge < -0.3 is 19.9 Å². The first-order chi connectivity index (χ1) is 11.1. The van der Waals surface area contributed by atoms with Crippen molar-refractivity contribution >= 4 is 17.7 Å². The van der Waals surface area contributed by atoms with Gasteiger partial charge in [-0.05, 0) is 18.2 Å². The van der Waals surface area contributed by atoms with Gasteiger partial charge >= 0.3 is 5.97 Å². The number of aromatic nitrogens is 2. The van der Waals surface area contributed by atoms with Crippen LogP contribution < -0.4 is 10.1 Å². The number of carboxylic acids is 1. The van der Waals surface area contributed by atoms with Gasteiger partial charge in [0.05, 0.1) is 6.61 Å². The molecule has 0 aliphatic heterocycles. The Morgan fingerprint density at radius 3 is 2.87 bits per heavy atom. The van der Waals surface area contributed by atoms with Crippen LogP contribution in [0.4, 0.5) is 5.82 Å². The molecule has 8 nitrogen and oxygen atoms in total. The maximum atomic E-state index is 12.2. The Morgan fingerprint density at radius 1 is 1.30 bits per heavy atom. The molecule has 0 fully saturated rings. The summed E-state index contributed by atoms with van der Waals surface area (Å²) in [6.07, 6.45) is 1.48. The number of benzene rings is 1. The SMILES string of the molecule is COCCOc1cccc(C(=O)Nc2ccn(CC(=O)O)n2)c1. The van der Waals surface area contributed by atoms with Crippen LogP contribution in [-0.2, 0) is 16.1 Å². The molecule has 0 unspecified atom stereocenters. The minimum Gasteiger partial charge on any atom is -0.491 e. The zero-order valence-electron chi connectivity index (χ0n) is 12.6. The van der Waals surface area contributed by atoms with Gasteiger partial charge in [0, 0.05) is 24.9 Å². The number of anilines is 1. The highest BCUT2D eigenvalue weighted by Gasteiger charge is 2.10.